The van der Waals surface area contributed by atoms with Gasteiger partial charge in [-0.2, -0.15) is 0 Å². The van der Waals surface area contributed by atoms with Crippen molar-refractivity contribution in [1.29, 1.82) is 0 Å². The van der Waals surface area contributed by atoms with Crippen molar-refractivity contribution in [2.45, 2.75) is 45.0 Å². The van der Waals surface area contributed by atoms with Gasteiger partial charge in [0.15, 0.2) is 11.0 Å². The van der Waals surface area contributed by atoms with Crippen LogP contribution in [0.3, 0.4) is 0 Å². The average Bonchev–Trinajstić information content (AvgIpc) is 3.54. The third-order valence-electron chi connectivity index (χ3n) is 5.95. The molecular weight excluding hydrogens is 539 g/mol. The van der Waals surface area contributed by atoms with Crippen LogP contribution in [0.25, 0.3) is 11.1 Å². The number of rotatable bonds is 11. The lowest BCUT2D eigenvalue weighted by Gasteiger charge is -2.10. The molecule has 0 fully saturated rings. The largest absolute Gasteiger partial charge is 0.486 e. The molecule has 0 spiro atoms. The van der Waals surface area contributed by atoms with E-state index in [1.807, 2.05) is 35.8 Å². The zero-order chi connectivity index (χ0) is 27.9. The molecule has 0 saturated heterocycles. The number of carbonyl (C=O) groups is 2. The number of esters is 1. The Hall–Kier alpha value is -3.70. The van der Waals surface area contributed by atoms with Gasteiger partial charge in [0.2, 0.25) is 5.91 Å². The minimum Gasteiger partial charge on any atom is -0.486 e. The first-order valence-electron chi connectivity index (χ1n) is 12.3. The Morgan fingerprint density at radius 1 is 1.10 bits per heavy atom. The summed E-state index contributed by atoms with van der Waals surface area (Å²) in [6.07, 6.45) is 0. The van der Waals surface area contributed by atoms with Crippen molar-refractivity contribution in [3.63, 3.8) is 0 Å². The quantitative estimate of drug-likeness (QED) is 0.166. The number of benzene rings is 2. The van der Waals surface area contributed by atoms with Gasteiger partial charge < -0.3 is 19.4 Å². The van der Waals surface area contributed by atoms with E-state index >= 15 is 0 Å². The highest BCUT2D eigenvalue weighted by Gasteiger charge is 2.23. The minimum absolute atomic E-state index is 0.0556. The van der Waals surface area contributed by atoms with E-state index in [4.69, 9.17) is 9.47 Å². The van der Waals surface area contributed by atoms with E-state index in [0.717, 1.165) is 5.75 Å². The fraction of sp³-hybridized carbons (Fsp3) is 0.286. The molecular formula is C28H29FN4O4S2. The highest BCUT2D eigenvalue weighted by atomic mass is 32.2. The topological polar surface area (TPSA) is 95.3 Å². The van der Waals surface area contributed by atoms with E-state index < -0.39 is 5.97 Å². The molecule has 0 aliphatic heterocycles. The van der Waals surface area contributed by atoms with Gasteiger partial charge in [-0.05, 0) is 48.2 Å². The maximum atomic E-state index is 13.4. The lowest BCUT2D eigenvalue weighted by Crippen LogP contribution is -2.16. The first kappa shape index (κ1) is 28.3. The van der Waals surface area contributed by atoms with E-state index in [1.165, 1.54) is 47.9 Å². The highest BCUT2D eigenvalue weighted by Crippen LogP contribution is 2.36. The number of halogens is 1. The van der Waals surface area contributed by atoms with Crippen LogP contribution in [0, 0.1) is 5.82 Å². The predicted molar refractivity (Wildman–Crippen MR) is 151 cm³/mol. The maximum Gasteiger partial charge on any atom is 0.341 e. The Morgan fingerprint density at radius 3 is 2.46 bits per heavy atom. The predicted octanol–water partition coefficient (Wildman–Crippen LogP) is 6.39. The number of anilines is 1. The SMILES string of the molecule is CCn1c(COc2ccc(C(C)C)cc2)nnc1SCC(=O)Nc1scc(-c2ccc(F)cc2)c1C(=O)OC. The van der Waals surface area contributed by atoms with Crippen molar-refractivity contribution in [2.24, 2.45) is 0 Å². The monoisotopic (exact) mass is 568 g/mol. The number of nitrogens with zero attached hydrogens (tertiary/aromatic N) is 3. The van der Waals surface area contributed by atoms with Gasteiger partial charge in [0.1, 0.15) is 28.7 Å². The Labute approximate surface area is 234 Å². The molecule has 1 amide bonds. The van der Waals surface area contributed by atoms with Crippen LogP contribution < -0.4 is 10.1 Å². The maximum absolute atomic E-state index is 13.4. The van der Waals surface area contributed by atoms with Gasteiger partial charge in [-0.1, -0.05) is 49.9 Å². The number of thiophene rings is 1. The fourth-order valence-corrected chi connectivity index (χ4v) is 5.63. The van der Waals surface area contributed by atoms with Gasteiger partial charge in [0.05, 0.1) is 12.9 Å². The summed E-state index contributed by atoms with van der Waals surface area (Å²) in [7, 11) is 1.27. The summed E-state index contributed by atoms with van der Waals surface area (Å²) in [4.78, 5) is 25.4. The second-order valence-corrected chi connectivity index (χ2v) is 10.7. The summed E-state index contributed by atoms with van der Waals surface area (Å²) in [5, 5.41) is 14.0. The number of hydrogen-bond acceptors (Lipinski definition) is 8. The smallest absolute Gasteiger partial charge is 0.341 e. The Bertz CT molecular complexity index is 1430. The van der Waals surface area contributed by atoms with E-state index in [-0.39, 0.29) is 29.6 Å². The zero-order valence-electron chi connectivity index (χ0n) is 22.1. The molecule has 1 N–H and O–H groups in total. The molecule has 8 nitrogen and oxygen atoms in total. The van der Waals surface area contributed by atoms with Gasteiger partial charge in [-0.25, -0.2) is 9.18 Å². The van der Waals surface area contributed by atoms with E-state index in [0.29, 0.717) is 39.6 Å². The number of methoxy groups -OCH3 is 1. The Balaban J connectivity index is 1.40. The molecule has 204 valence electrons. The zero-order valence-corrected chi connectivity index (χ0v) is 23.7. The van der Waals surface area contributed by atoms with Crippen molar-refractivity contribution >= 4 is 40.0 Å². The van der Waals surface area contributed by atoms with Crippen LogP contribution in [0.1, 0.15) is 48.4 Å². The lowest BCUT2D eigenvalue weighted by molar-refractivity contribution is -0.113. The van der Waals surface area contributed by atoms with Gasteiger partial charge in [0, 0.05) is 17.5 Å². The molecule has 39 heavy (non-hydrogen) atoms. The number of thioether (sulfide) groups is 1. The lowest BCUT2D eigenvalue weighted by atomic mass is 10.0. The van der Waals surface area contributed by atoms with E-state index in [1.54, 1.807) is 17.5 Å². The number of ether oxygens (including phenoxy) is 2. The first-order chi connectivity index (χ1) is 18.8. The molecule has 11 heteroatoms. The molecule has 0 saturated carbocycles. The van der Waals surface area contributed by atoms with Gasteiger partial charge >= 0.3 is 5.97 Å². The van der Waals surface area contributed by atoms with Crippen molar-refractivity contribution in [2.75, 3.05) is 18.2 Å². The van der Waals surface area contributed by atoms with Crippen LogP contribution in [0.4, 0.5) is 9.39 Å². The summed E-state index contributed by atoms with van der Waals surface area (Å²) >= 11 is 2.44. The normalized spacial score (nSPS) is 11.0. The molecule has 2 aromatic heterocycles. The standard InChI is InChI=1S/C28H29FN4O4S2/c1-5-33-23(14-37-21-12-8-18(9-13-21)17(2)3)31-32-28(33)39-16-24(34)30-26-25(27(35)36-4)22(15-38-26)19-6-10-20(29)11-7-19/h6-13,15,17H,5,14,16H2,1-4H3,(H,30,34). The van der Waals surface area contributed by atoms with Crippen LogP contribution >= 0.6 is 23.1 Å². The summed E-state index contributed by atoms with van der Waals surface area (Å²) < 4.78 is 26.1. The average molecular weight is 569 g/mol. The van der Waals surface area contributed by atoms with Crippen LogP contribution in [0.15, 0.2) is 59.1 Å². The molecule has 0 atom stereocenters. The molecule has 0 radical (unpaired) electrons. The molecule has 4 aromatic rings. The molecule has 0 unspecified atom stereocenters. The molecule has 0 bridgehead atoms. The van der Waals surface area contributed by atoms with Crippen LogP contribution in [0.5, 0.6) is 5.75 Å². The first-order valence-corrected chi connectivity index (χ1v) is 14.2. The van der Waals surface area contributed by atoms with Gasteiger partial charge in [0.25, 0.3) is 0 Å². The third kappa shape index (κ3) is 6.85. The van der Waals surface area contributed by atoms with Gasteiger partial charge in [-0.15, -0.1) is 21.5 Å². The van der Waals surface area contributed by atoms with Crippen molar-refractivity contribution in [3.05, 3.63) is 76.7 Å². The molecule has 0 aliphatic rings. The Morgan fingerprint density at radius 2 is 1.82 bits per heavy atom. The second kappa shape index (κ2) is 12.9. The minimum atomic E-state index is -0.590. The van der Waals surface area contributed by atoms with E-state index in [2.05, 4.69) is 29.4 Å². The summed E-state index contributed by atoms with van der Waals surface area (Å²) in [6, 6.07) is 13.8. The van der Waals surface area contributed by atoms with Crippen LogP contribution in [-0.2, 0) is 22.7 Å². The van der Waals surface area contributed by atoms with Crippen molar-refractivity contribution in [1.82, 2.24) is 14.8 Å². The van der Waals surface area contributed by atoms with Gasteiger partial charge in [-0.3, -0.25) is 4.79 Å². The summed E-state index contributed by atoms with van der Waals surface area (Å²) in [5.74, 6) is 0.621. The number of hydrogen-bond donors (Lipinski definition) is 1. The third-order valence-corrected chi connectivity index (χ3v) is 7.81. The van der Waals surface area contributed by atoms with Crippen LogP contribution in [-0.4, -0.2) is 39.5 Å². The molecule has 4 rings (SSSR count). The van der Waals surface area contributed by atoms with Crippen molar-refractivity contribution < 1.29 is 23.5 Å². The Kier molecular flexibility index (Phi) is 9.36. The number of carbonyl (C=O) groups excluding carboxylic acids is 2. The molecule has 2 aromatic carbocycles. The second-order valence-electron chi connectivity index (χ2n) is 8.84. The highest BCUT2D eigenvalue weighted by molar-refractivity contribution is 7.99. The van der Waals surface area contributed by atoms with Crippen LogP contribution in [0.2, 0.25) is 0 Å². The molecule has 0 aliphatic carbocycles. The number of amides is 1. The fourth-order valence-electron chi connectivity index (χ4n) is 3.84. The summed E-state index contributed by atoms with van der Waals surface area (Å²) in [6.45, 7) is 7.12. The number of aromatic nitrogens is 3. The van der Waals surface area contributed by atoms with E-state index in [9.17, 15) is 14.0 Å². The summed E-state index contributed by atoms with van der Waals surface area (Å²) in [5.41, 5.74) is 2.67. The van der Waals surface area contributed by atoms with Crippen molar-refractivity contribution in [3.8, 4) is 16.9 Å². The molecule has 2 heterocycles. The number of nitrogens with one attached hydrogen (secondary N) is 1.